The summed E-state index contributed by atoms with van der Waals surface area (Å²) in [5, 5.41) is 3.55. The summed E-state index contributed by atoms with van der Waals surface area (Å²) in [6.07, 6.45) is -0.752. The van der Waals surface area contributed by atoms with Gasteiger partial charge in [0, 0.05) is 10.7 Å². The van der Waals surface area contributed by atoms with Gasteiger partial charge in [0.1, 0.15) is 5.75 Å². The van der Waals surface area contributed by atoms with Crippen LogP contribution in [0.3, 0.4) is 0 Å². The van der Waals surface area contributed by atoms with Crippen LogP contribution in [0, 0.1) is 6.92 Å². The predicted molar refractivity (Wildman–Crippen MR) is 97.7 cm³/mol. The van der Waals surface area contributed by atoms with Gasteiger partial charge < -0.3 is 14.8 Å². The molecule has 0 unspecified atom stereocenters. The van der Waals surface area contributed by atoms with Gasteiger partial charge in [-0.2, -0.15) is 0 Å². The van der Waals surface area contributed by atoms with Gasteiger partial charge in [0.2, 0.25) is 0 Å². The van der Waals surface area contributed by atoms with Crippen molar-refractivity contribution in [2.75, 3.05) is 12.4 Å². The Morgan fingerprint density at radius 1 is 1.08 bits per heavy atom. The molecule has 0 radical (unpaired) electrons. The molecule has 2 aromatic rings. The van der Waals surface area contributed by atoms with Crippen molar-refractivity contribution < 1.29 is 19.1 Å². The quantitative estimate of drug-likeness (QED) is 0.774. The van der Waals surface area contributed by atoms with E-state index in [9.17, 15) is 9.59 Å². The molecule has 1 atom stereocenters. The molecule has 1 amide bonds. The van der Waals surface area contributed by atoms with E-state index in [1.807, 2.05) is 6.92 Å². The number of carbonyl (C=O) groups excluding carboxylic acids is 2. The molecule has 0 aliphatic carbocycles. The van der Waals surface area contributed by atoms with E-state index in [0.717, 1.165) is 5.56 Å². The number of methoxy groups -OCH3 is 1. The number of aryl methyl sites for hydroxylation is 1. The van der Waals surface area contributed by atoms with E-state index in [0.29, 0.717) is 16.5 Å². The Bertz CT molecular complexity index is 808. The van der Waals surface area contributed by atoms with Crippen LogP contribution in [-0.2, 0) is 9.53 Å². The van der Waals surface area contributed by atoms with Crippen LogP contribution in [0.25, 0.3) is 0 Å². The highest BCUT2D eigenvalue weighted by Crippen LogP contribution is 2.23. The van der Waals surface area contributed by atoms with Crippen LogP contribution < -0.4 is 10.1 Å². The number of benzene rings is 2. The highest BCUT2D eigenvalue weighted by atomic mass is 35.5. The van der Waals surface area contributed by atoms with Gasteiger partial charge in [0.05, 0.1) is 17.7 Å². The Morgan fingerprint density at radius 3 is 2.40 bits per heavy atom. The summed E-state index contributed by atoms with van der Waals surface area (Å²) in [6.45, 7) is 3.47. The molecule has 2 aromatic carbocycles. The third-order valence-electron chi connectivity index (χ3n) is 3.45. The van der Waals surface area contributed by atoms with Crippen LogP contribution in [0.2, 0.25) is 10.0 Å². The summed E-state index contributed by atoms with van der Waals surface area (Å²) in [6, 6.07) is 9.70. The standard InChI is InChI=1S/C18H17Cl2NO4/c1-10-8-13(5-7-15(10)19)25-11(2)17(22)21-12-4-6-16(20)14(9-12)18(23)24-3/h4-9,11H,1-3H3,(H,21,22)/t11-/m1/s1. The van der Waals surface area contributed by atoms with Crippen molar-refractivity contribution in [3.05, 3.63) is 57.6 Å². The maximum Gasteiger partial charge on any atom is 0.339 e. The van der Waals surface area contributed by atoms with Gasteiger partial charge in [0.25, 0.3) is 5.91 Å². The lowest BCUT2D eigenvalue weighted by molar-refractivity contribution is -0.122. The molecule has 1 N–H and O–H groups in total. The minimum Gasteiger partial charge on any atom is -0.481 e. The minimum absolute atomic E-state index is 0.170. The average Bonchev–Trinajstić information content (AvgIpc) is 2.59. The van der Waals surface area contributed by atoms with Crippen molar-refractivity contribution >= 4 is 40.8 Å². The molecular weight excluding hydrogens is 365 g/mol. The molecule has 0 aromatic heterocycles. The molecule has 0 spiro atoms. The van der Waals surface area contributed by atoms with E-state index in [1.54, 1.807) is 31.2 Å². The number of carbonyl (C=O) groups is 2. The van der Waals surface area contributed by atoms with Gasteiger partial charge >= 0.3 is 5.97 Å². The Hall–Kier alpha value is -2.24. The summed E-state index contributed by atoms with van der Waals surface area (Å²) < 4.78 is 10.3. The minimum atomic E-state index is -0.752. The zero-order chi connectivity index (χ0) is 18.6. The van der Waals surface area contributed by atoms with Crippen molar-refractivity contribution in [3.63, 3.8) is 0 Å². The second-order valence-corrected chi connectivity index (χ2v) is 6.16. The maximum atomic E-state index is 12.3. The molecule has 0 bridgehead atoms. The fourth-order valence-corrected chi connectivity index (χ4v) is 2.37. The number of esters is 1. The highest BCUT2D eigenvalue weighted by Gasteiger charge is 2.17. The molecule has 0 aliphatic rings. The van der Waals surface area contributed by atoms with E-state index in [4.69, 9.17) is 27.9 Å². The first-order valence-electron chi connectivity index (χ1n) is 7.43. The Kier molecular flexibility index (Phi) is 6.28. The molecule has 132 valence electrons. The molecule has 0 aliphatic heterocycles. The van der Waals surface area contributed by atoms with Gasteiger partial charge in [-0.3, -0.25) is 4.79 Å². The largest absolute Gasteiger partial charge is 0.481 e. The Balaban J connectivity index is 2.08. The third-order valence-corrected chi connectivity index (χ3v) is 4.20. The first kappa shape index (κ1) is 19.1. The molecule has 5 nitrogen and oxygen atoms in total. The molecule has 0 fully saturated rings. The Labute approximate surface area is 155 Å². The van der Waals surface area contributed by atoms with Gasteiger partial charge in [-0.15, -0.1) is 0 Å². The molecular formula is C18H17Cl2NO4. The number of halogens is 2. The second-order valence-electron chi connectivity index (χ2n) is 5.35. The summed E-state index contributed by atoms with van der Waals surface area (Å²) in [5.41, 5.74) is 1.44. The zero-order valence-corrected chi connectivity index (χ0v) is 15.4. The fourth-order valence-electron chi connectivity index (χ4n) is 2.06. The highest BCUT2D eigenvalue weighted by molar-refractivity contribution is 6.33. The van der Waals surface area contributed by atoms with Crippen LogP contribution in [0.15, 0.2) is 36.4 Å². The molecule has 7 heteroatoms. The summed E-state index contributed by atoms with van der Waals surface area (Å²) in [7, 11) is 1.26. The number of hydrogen-bond donors (Lipinski definition) is 1. The lowest BCUT2D eigenvalue weighted by atomic mass is 10.2. The number of nitrogens with one attached hydrogen (secondary N) is 1. The van der Waals surface area contributed by atoms with Crippen LogP contribution in [0.5, 0.6) is 5.75 Å². The molecule has 0 heterocycles. The third kappa shape index (κ3) is 4.87. The lowest BCUT2D eigenvalue weighted by Crippen LogP contribution is -2.30. The van der Waals surface area contributed by atoms with E-state index >= 15 is 0 Å². The second kappa shape index (κ2) is 8.23. The van der Waals surface area contributed by atoms with E-state index in [2.05, 4.69) is 10.1 Å². The van der Waals surface area contributed by atoms with Gasteiger partial charge in [0.15, 0.2) is 6.10 Å². The monoisotopic (exact) mass is 381 g/mol. The first-order valence-corrected chi connectivity index (χ1v) is 8.19. The predicted octanol–water partition coefficient (Wildman–Crippen LogP) is 4.49. The SMILES string of the molecule is COC(=O)c1cc(NC(=O)[C@@H](C)Oc2ccc(Cl)c(C)c2)ccc1Cl. The molecule has 25 heavy (non-hydrogen) atoms. The molecule has 2 rings (SSSR count). The average molecular weight is 382 g/mol. The summed E-state index contributed by atoms with van der Waals surface area (Å²) in [4.78, 5) is 23.9. The number of amides is 1. The van der Waals surface area contributed by atoms with E-state index in [1.165, 1.54) is 19.2 Å². The van der Waals surface area contributed by atoms with Crippen LogP contribution >= 0.6 is 23.2 Å². The van der Waals surface area contributed by atoms with Crippen LogP contribution in [0.4, 0.5) is 5.69 Å². The number of hydrogen-bond acceptors (Lipinski definition) is 4. The summed E-state index contributed by atoms with van der Waals surface area (Å²) >= 11 is 11.9. The fraction of sp³-hybridized carbons (Fsp3) is 0.222. The number of rotatable bonds is 5. The van der Waals surface area contributed by atoms with Crippen molar-refractivity contribution in [1.29, 1.82) is 0 Å². The maximum absolute atomic E-state index is 12.3. The lowest BCUT2D eigenvalue weighted by Gasteiger charge is -2.16. The Morgan fingerprint density at radius 2 is 1.76 bits per heavy atom. The number of ether oxygens (including phenoxy) is 2. The zero-order valence-electron chi connectivity index (χ0n) is 13.9. The van der Waals surface area contributed by atoms with Crippen molar-refractivity contribution in [2.24, 2.45) is 0 Å². The van der Waals surface area contributed by atoms with Crippen LogP contribution in [-0.4, -0.2) is 25.1 Å². The van der Waals surface area contributed by atoms with Crippen molar-refractivity contribution in [2.45, 2.75) is 20.0 Å². The van der Waals surface area contributed by atoms with Crippen molar-refractivity contribution in [3.8, 4) is 5.75 Å². The summed E-state index contributed by atoms with van der Waals surface area (Å²) in [5.74, 6) is -0.413. The van der Waals surface area contributed by atoms with Gasteiger partial charge in [-0.05, 0) is 55.8 Å². The first-order chi connectivity index (χ1) is 11.8. The normalized spacial score (nSPS) is 11.6. The van der Waals surface area contributed by atoms with Gasteiger partial charge in [-0.25, -0.2) is 4.79 Å². The van der Waals surface area contributed by atoms with Crippen molar-refractivity contribution in [1.82, 2.24) is 0 Å². The topological polar surface area (TPSA) is 64.6 Å². The number of anilines is 1. The van der Waals surface area contributed by atoms with Gasteiger partial charge in [-0.1, -0.05) is 23.2 Å². The van der Waals surface area contributed by atoms with E-state index < -0.39 is 12.1 Å². The molecule has 0 saturated heterocycles. The van der Waals surface area contributed by atoms with Crippen LogP contribution in [0.1, 0.15) is 22.8 Å². The van der Waals surface area contributed by atoms with E-state index in [-0.39, 0.29) is 16.5 Å². The smallest absolute Gasteiger partial charge is 0.339 e. The molecule has 0 saturated carbocycles.